The van der Waals surface area contributed by atoms with E-state index >= 15 is 0 Å². The van der Waals surface area contributed by atoms with Crippen molar-refractivity contribution in [1.82, 2.24) is 15.1 Å². The van der Waals surface area contributed by atoms with Crippen LogP contribution in [0.1, 0.15) is 0 Å². The summed E-state index contributed by atoms with van der Waals surface area (Å²) in [7, 11) is -2.72. The second-order valence-corrected chi connectivity index (χ2v) is 5.41. The van der Waals surface area contributed by atoms with Crippen LogP contribution < -0.4 is 9.42 Å². The maximum atomic E-state index is 10.5. The summed E-state index contributed by atoms with van der Waals surface area (Å²) in [6, 6.07) is 1.69. The summed E-state index contributed by atoms with van der Waals surface area (Å²) in [6.07, 6.45) is 6.13. The number of hydrogen-bond acceptors (Lipinski definition) is 7. The van der Waals surface area contributed by atoms with Gasteiger partial charge in [-0.05, 0) is 5.10 Å². The number of rotatable bonds is 5. The van der Waals surface area contributed by atoms with E-state index < -0.39 is 15.9 Å². The third-order valence-corrected chi connectivity index (χ3v) is 3.15. The van der Waals surface area contributed by atoms with Crippen molar-refractivity contribution < 1.29 is 22.4 Å². The van der Waals surface area contributed by atoms with Crippen LogP contribution >= 0.6 is 0 Å². The molecule has 0 radical (unpaired) electrons. The Hall–Kier alpha value is -2.13. The van der Waals surface area contributed by atoms with Crippen LogP contribution in [-0.4, -0.2) is 40.9 Å². The highest BCUT2D eigenvalue weighted by Crippen LogP contribution is 2.13. The number of aromatic nitrogens is 4. The summed E-state index contributed by atoms with van der Waals surface area (Å²) in [5.74, 6) is 0.526. The number of methoxy groups -OCH3 is 1. The van der Waals surface area contributed by atoms with Gasteiger partial charge in [0.25, 0.3) is 0 Å². The smallest absolute Gasteiger partial charge is 0.197 e. The van der Waals surface area contributed by atoms with Crippen LogP contribution in [0.2, 0.25) is 0 Å². The molecule has 9 heteroatoms. The Bertz CT molecular complexity index is 671. The molecule has 8 nitrogen and oxygen atoms in total. The molecule has 0 aliphatic carbocycles. The van der Waals surface area contributed by atoms with Crippen molar-refractivity contribution in [3.8, 4) is 17.1 Å². The summed E-state index contributed by atoms with van der Waals surface area (Å²) in [5, 5.41) is 4.00. The SMILES string of the molecule is COc1cnc(-c2cc[n+](CCS(=O)(=O)[O-])nc2)nc1. The highest BCUT2D eigenvalue weighted by Gasteiger charge is 2.08. The maximum Gasteiger partial charge on any atom is 0.197 e. The van der Waals surface area contributed by atoms with E-state index in [1.54, 1.807) is 12.3 Å². The molecule has 2 rings (SSSR count). The Morgan fingerprint density at radius 1 is 1.30 bits per heavy atom. The molecule has 0 unspecified atom stereocenters. The number of nitrogens with zero attached hydrogens (tertiary/aromatic N) is 4. The molecule has 0 fully saturated rings. The highest BCUT2D eigenvalue weighted by atomic mass is 32.2. The van der Waals surface area contributed by atoms with Gasteiger partial charge in [0, 0.05) is 11.6 Å². The van der Waals surface area contributed by atoms with Gasteiger partial charge in [-0.15, -0.1) is 0 Å². The zero-order chi connectivity index (χ0) is 14.6. The van der Waals surface area contributed by atoms with E-state index in [4.69, 9.17) is 4.74 Å². The predicted molar refractivity (Wildman–Crippen MR) is 66.6 cm³/mol. The van der Waals surface area contributed by atoms with E-state index in [9.17, 15) is 13.0 Å². The van der Waals surface area contributed by atoms with E-state index in [1.165, 1.54) is 30.4 Å². The van der Waals surface area contributed by atoms with E-state index in [2.05, 4.69) is 15.1 Å². The zero-order valence-electron chi connectivity index (χ0n) is 10.6. The van der Waals surface area contributed by atoms with E-state index in [-0.39, 0.29) is 6.54 Å². The van der Waals surface area contributed by atoms with Gasteiger partial charge in [-0.25, -0.2) is 18.4 Å². The van der Waals surface area contributed by atoms with Gasteiger partial charge < -0.3 is 9.29 Å². The normalized spacial score (nSPS) is 11.3. The lowest BCUT2D eigenvalue weighted by Crippen LogP contribution is -2.40. The topological polar surface area (TPSA) is 109 Å². The minimum atomic E-state index is -4.24. The summed E-state index contributed by atoms with van der Waals surface area (Å²) in [4.78, 5) is 8.21. The summed E-state index contributed by atoms with van der Waals surface area (Å²) >= 11 is 0. The molecule has 0 spiro atoms. The fourth-order valence-electron chi connectivity index (χ4n) is 1.42. The van der Waals surface area contributed by atoms with Crippen LogP contribution in [0, 0.1) is 0 Å². The largest absolute Gasteiger partial charge is 0.748 e. The van der Waals surface area contributed by atoms with Crippen molar-refractivity contribution >= 4 is 10.1 Å². The maximum absolute atomic E-state index is 10.5. The Morgan fingerprint density at radius 2 is 2.00 bits per heavy atom. The van der Waals surface area contributed by atoms with Crippen molar-refractivity contribution in [2.75, 3.05) is 12.9 Å². The summed E-state index contributed by atoms with van der Waals surface area (Å²) < 4.78 is 37.9. The van der Waals surface area contributed by atoms with Gasteiger partial charge in [0.05, 0.1) is 25.3 Å². The van der Waals surface area contributed by atoms with Gasteiger partial charge in [-0.3, -0.25) is 0 Å². The average molecular weight is 296 g/mol. The first-order chi connectivity index (χ1) is 9.48. The molecule has 2 aromatic rings. The molecule has 0 saturated carbocycles. The molecule has 2 heterocycles. The van der Waals surface area contributed by atoms with E-state index in [0.717, 1.165) is 0 Å². The first-order valence-electron chi connectivity index (χ1n) is 5.64. The lowest BCUT2D eigenvalue weighted by atomic mass is 10.3. The molecule has 0 amide bonds. The van der Waals surface area contributed by atoms with E-state index in [0.29, 0.717) is 17.1 Å². The van der Waals surface area contributed by atoms with Crippen LogP contribution in [0.15, 0.2) is 30.9 Å². The molecular weight excluding hydrogens is 284 g/mol. The highest BCUT2D eigenvalue weighted by molar-refractivity contribution is 7.85. The van der Waals surface area contributed by atoms with Gasteiger partial charge in [0.1, 0.15) is 16.3 Å². The molecule has 0 atom stereocenters. The second kappa shape index (κ2) is 5.88. The molecular formula is C11H12N4O4S. The molecule has 0 aliphatic rings. The van der Waals surface area contributed by atoms with Crippen LogP contribution in [0.3, 0.4) is 0 Å². The first-order valence-corrected chi connectivity index (χ1v) is 7.21. The van der Waals surface area contributed by atoms with Crippen molar-refractivity contribution in [3.63, 3.8) is 0 Å². The number of hydrogen-bond donors (Lipinski definition) is 0. The molecule has 0 bridgehead atoms. The Kier molecular flexibility index (Phi) is 4.20. The molecule has 0 aliphatic heterocycles. The second-order valence-electron chi connectivity index (χ2n) is 3.89. The fourth-order valence-corrected chi connectivity index (χ4v) is 1.84. The van der Waals surface area contributed by atoms with E-state index in [1.807, 2.05) is 0 Å². The monoisotopic (exact) mass is 296 g/mol. The first kappa shape index (κ1) is 14.3. The van der Waals surface area contributed by atoms with Gasteiger partial charge in [-0.2, -0.15) is 0 Å². The minimum absolute atomic E-state index is 0.00951. The molecule has 0 N–H and O–H groups in total. The molecule has 0 aromatic carbocycles. The third-order valence-electron chi connectivity index (χ3n) is 2.46. The summed E-state index contributed by atoms with van der Waals surface area (Å²) in [5.41, 5.74) is 0.675. The van der Waals surface area contributed by atoms with Gasteiger partial charge in [0.2, 0.25) is 0 Å². The van der Waals surface area contributed by atoms with Gasteiger partial charge in [0.15, 0.2) is 24.3 Å². The lowest BCUT2D eigenvalue weighted by Gasteiger charge is -2.03. The number of ether oxygens (including phenoxy) is 1. The Labute approximate surface area is 115 Å². The Morgan fingerprint density at radius 3 is 2.50 bits per heavy atom. The molecule has 106 valence electrons. The minimum Gasteiger partial charge on any atom is -0.748 e. The zero-order valence-corrected chi connectivity index (χ0v) is 11.4. The standard InChI is InChI=1S/C11H12N4O4S/c1-19-10-7-12-11(13-8-10)9-2-3-15(14-6-9)4-5-20(16,17)18/h2-3,6-8H,4-5H2,1H3. The quantitative estimate of drug-likeness (QED) is 0.534. The fraction of sp³-hybridized carbons (Fsp3) is 0.273. The van der Waals surface area contributed by atoms with Crippen LogP contribution in [0.25, 0.3) is 11.4 Å². The van der Waals surface area contributed by atoms with Crippen molar-refractivity contribution in [3.05, 3.63) is 30.9 Å². The summed E-state index contributed by atoms with van der Waals surface area (Å²) in [6.45, 7) is 0.00951. The number of aryl methyl sites for hydroxylation is 1. The van der Waals surface area contributed by atoms with Crippen LogP contribution in [0.4, 0.5) is 0 Å². The van der Waals surface area contributed by atoms with Crippen LogP contribution in [-0.2, 0) is 16.7 Å². The molecule has 2 aromatic heterocycles. The van der Waals surface area contributed by atoms with Crippen molar-refractivity contribution in [2.45, 2.75) is 6.54 Å². The average Bonchev–Trinajstić information content (AvgIpc) is 2.45. The predicted octanol–water partition coefficient (Wildman–Crippen LogP) is -0.620. The lowest BCUT2D eigenvalue weighted by molar-refractivity contribution is -0.750. The molecule has 20 heavy (non-hydrogen) atoms. The molecule has 0 saturated heterocycles. The van der Waals surface area contributed by atoms with Crippen molar-refractivity contribution in [2.24, 2.45) is 0 Å². The van der Waals surface area contributed by atoms with Crippen molar-refractivity contribution in [1.29, 1.82) is 0 Å². The Balaban J connectivity index is 2.10. The van der Waals surface area contributed by atoms with Gasteiger partial charge in [-0.1, -0.05) is 4.68 Å². The third kappa shape index (κ3) is 3.93. The van der Waals surface area contributed by atoms with Gasteiger partial charge >= 0.3 is 0 Å². The van der Waals surface area contributed by atoms with Crippen LogP contribution in [0.5, 0.6) is 5.75 Å².